The quantitative estimate of drug-likeness (QED) is 0.224. The molecule has 2 aromatic heterocycles. The highest BCUT2D eigenvalue weighted by molar-refractivity contribution is 5.88. The molecule has 0 bridgehead atoms. The van der Waals surface area contributed by atoms with Crippen LogP contribution in [0.4, 0.5) is 4.39 Å². The van der Waals surface area contributed by atoms with Gasteiger partial charge in [-0.2, -0.15) is 5.10 Å². The van der Waals surface area contributed by atoms with Gasteiger partial charge in [-0.25, -0.2) is 14.2 Å². The molecule has 0 aliphatic heterocycles. The van der Waals surface area contributed by atoms with Crippen LogP contribution in [-0.2, 0) is 34.0 Å². The van der Waals surface area contributed by atoms with Crippen LogP contribution in [-0.4, -0.2) is 74.7 Å². The minimum Gasteiger partial charge on any atom is -0.481 e. The van der Waals surface area contributed by atoms with Crippen LogP contribution >= 0.6 is 0 Å². The first kappa shape index (κ1) is 33.1. The molecule has 1 aromatic carbocycles. The van der Waals surface area contributed by atoms with Crippen molar-refractivity contribution in [3.8, 4) is 0 Å². The Morgan fingerprint density at radius 3 is 2.22 bits per heavy atom. The molecule has 41 heavy (non-hydrogen) atoms. The summed E-state index contributed by atoms with van der Waals surface area (Å²) in [5.41, 5.74) is 1.82. The lowest BCUT2D eigenvalue weighted by Crippen LogP contribution is -2.42. The molecule has 0 unspecified atom stereocenters. The van der Waals surface area contributed by atoms with Crippen molar-refractivity contribution in [3.05, 3.63) is 71.3 Å². The second kappa shape index (κ2) is 15.1. The summed E-state index contributed by atoms with van der Waals surface area (Å²) in [6.45, 7) is 11.9. The number of hydrogen-bond acceptors (Lipinski definition) is 7. The molecular formula is C28H38FN5O7. The zero-order chi connectivity index (χ0) is 30.7. The lowest BCUT2D eigenvalue weighted by Gasteiger charge is -2.23. The second-order valence-electron chi connectivity index (χ2n) is 10.2. The van der Waals surface area contributed by atoms with Crippen molar-refractivity contribution in [3.63, 3.8) is 0 Å². The Morgan fingerprint density at radius 2 is 1.73 bits per heavy atom. The number of imidazole rings is 1. The average molecular weight is 576 g/mol. The Morgan fingerprint density at radius 1 is 1.07 bits per heavy atom. The molecule has 0 amide bonds. The van der Waals surface area contributed by atoms with Crippen LogP contribution in [0.1, 0.15) is 61.7 Å². The number of halogens is 1. The summed E-state index contributed by atoms with van der Waals surface area (Å²) in [6, 6.07) is 7.23. The van der Waals surface area contributed by atoms with Crippen LogP contribution in [0, 0.1) is 19.7 Å². The van der Waals surface area contributed by atoms with E-state index in [1.807, 2.05) is 18.6 Å². The Kier molecular flexibility index (Phi) is 12.2. The number of hydrogen-bond donors (Lipinski definition) is 4. The van der Waals surface area contributed by atoms with Gasteiger partial charge in [-0.15, -0.1) is 0 Å². The number of benzene rings is 1. The zero-order valence-corrected chi connectivity index (χ0v) is 23.7. The fourth-order valence-corrected chi connectivity index (χ4v) is 4.37. The minimum absolute atomic E-state index is 0.184. The van der Waals surface area contributed by atoms with E-state index in [1.165, 1.54) is 17.3 Å². The SMILES string of the molecule is Cc1nn(C(C)C)c(C)c1CN(CCCn1ccnc1)Cc1cccc(F)c1.O=C(O)CC(O)(CC(=O)O)C(=O)O. The maximum Gasteiger partial charge on any atom is 0.336 e. The second-order valence-corrected chi connectivity index (χ2v) is 10.2. The largest absolute Gasteiger partial charge is 0.481 e. The van der Waals surface area contributed by atoms with E-state index in [0.29, 0.717) is 12.6 Å². The van der Waals surface area contributed by atoms with Crippen LogP contribution in [0.25, 0.3) is 0 Å². The lowest BCUT2D eigenvalue weighted by atomic mass is 9.96. The average Bonchev–Trinajstić information content (AvgIpc) is 3.47. The third-order valence-electron chi connectivity index (χ3n) is 6.38. The predicted molar refractivity (Wildman–Crippen MR) is 147 cm³/mol. The van der Waals surface area contributed by atoms with Crippen LogP contribution < -0.4 is 0 Å². The fourth-order valence-electron chi connectivity index (χ4n) is 4.37. The molecule has 3 rings (SSSR count). The van der Waals surface area contributed by atoms with Gasteiger partial charge < -0.3 is 25.0 Å². The molecule has 0 radical (unpaired) electrons. The van der Waals surface area contributed by atoms with Gasteiger partial charge in [-0.1, -0.05) is 12.1 Å². The van der Waals surface area contributed by atoms with Gasteiger partial charge in [0, 0.05) is 55.9 Å². The van der Waals surface area contributed by atoms with E-state index < -0.39 is 36.4 Å². The number of aliphatic carboxylic acids is 3. The number of carboxylic acid groups (broad SMARTS) is 3. The van der Waals surface area contributed by atoms with Gasteiger partial charge in [0.1, 0.15) is 5.82 Å². The van der Waals surface area contributed by atoms with Gasteiger partial charge in [0.2, 0.25) is 0 Å². The van der Waals surface area contributed by atoms with Gasteiger partial charge >= 0.3 is 17.9 Å². The maximum absolute atomic E-state index is 13.7. The highest BCUT2D eigenvalue weighted by Crippen LogP contribution is 2.21. The van der Waals surface area contributed by atoms with Gasteiger partial charge in [0.05, 0.1) is 24.9 Å². The van der Waals surface area contributed by atoms with Gasteiger partial charge in [-0.3, -0.25) is 19.2 Å². The number of carbonyl (C=O) groups is 3. The van der Waals surface area contributed by atoms with Crippen LogP contribution in [0.2, 0.25) is 0 Å². The van der Waals surface area contributed by atoms with Crippen molar-refractivity contribution in [2.24, 2.45) is 0 Å². The number of nitrogens with zero attached hydrogens (tertiary/aromatic N) is 5. The third-order valence-corrected chi connectivity index (χ3v) is 6.38. The van der Waals surface area contributed by atoms with E-state index in [4.69, 9.17) is 25.5 Å². The number of aromatic nitrogens is 4. The van der Waals surface area contributed by atoms with Crippen molar-refractivity contribution in [1.82, 2.24) is 24.2 Å². The lowest BCUT2D eigenvalue weighted by molar-refractivity contribution is -0.170. The fraction of sp³-hybridized carbons (Fsp3) is 0.464. The Balaban J connectivity index is 0.000000383. The molecule has 0 saturated carbocycles. The molecule has 0 aliphatic rings. The normalized spacial score (nSPS) is 11.4. The summed E-state index contributed by atoms with van der Waals surface area (Å²) in [6.07, 6.45) is 4.35. The zero-order valence-electron chi connectivity index (χ0n) is 23.7. The summed E-state index contributed by atoms with van der Waals surface area (Å²) in [5, 5.41) is 38.5. The molecule has 0 spiro atoms. The number of rotatable bonds is 14. The Hall–Kier alpha value is -4.10. The maximum atomic E-state index is 13.7. The first-order valence-electron chi connectivity index (χ1n) is 13.1. The predicted octanol–water partition coefficient (Wildman–Crippen LogP) is 3.26. The summed E-state index contributed by atoms with van der Waals surface area (Å²) in [5.74, 6) is -5.20. The topological polar surface area (TPSA) is 171 Å². The van der Waals surface area contributed by atoms with Crippen molar-refractivity contribution in [2.75, 3.05) is 6.54 Å². The van der Waals surface area contributed by atoms with Crippen molar-refractivity contribution < 1.29 is 39.2 Å². The molecule has 2 heterocycles. The minimum atomic E-state index is -2.74. The molecule has 0 atom stereocenters. The van der Waals surface area contributed by atoms with E-state index in [-0.39, 0.29) is 5.82 Å². The first-order valence-corrected chi connectivity index (χ1v) is 13.1. The number of carboxylic acids is 3. The highest BCUT2D eigenvalue weighted by Gasteiger charge is 2.40. The Labute approximate surface area is 237 Å². The van der Waals surface area contributed by atoms with E-state index in [0.717, 1.165) is 37.3 Å². The van der Waals surface area contributed by atoms with Crippen molar-refractivity contribution in [1.29, 1.82) is 0 Å². The van der Waals surface area contributed by atoms with Gasteiger partial charge in [-0.05, 0) is 51.8 Å². The van der Waals surface area contributed by atoms with E-state index in [2.05, 4.69) is 46.8 Å². The molecule has 0 aliphatic carbocycles. The first-order chi connectivity index (χ1) is 19.2. The van der Waals surface area contributed by atoms with Crippen LogP contribution in [0.5, 0.6) is 0 Å². The summed E-state index contributed by atoms with van der Waals surface area (Å²) >= 11 is 0. The monoisotopic (exact) mass is 575 g/mol. The van der Waals surface area contributed by atoms with Crippen LogP contribution in [0.15, 0.2) is 43.0 Å². The van der Waals surface area contributed by atoms with E-state index in [1.54, 1.807) is 18.3 Å². The molecular weight excluding hydrogens is 537 g/mol. The molecule has 224 valence electrons. The smallest absolute Gasteiger partial charge is 0.336 e. The molecule has 12 nitrogen and oxygen atoms in total. The van der Waals surface area contributed by atoms with Gasteiger partial charge in [0.15, 0.2) is 5.60 Å². The number of aryl methyl sites for hydroxylation is 2. The molecule has 13 heteroatoms. The molecule has 0 fully saturated rings. The van der Waals surface area contributed by atoms with Crippen LogP contribution in [0.3, 0.4) is 0 Å². The molecule has 0 saturated heterocycles. The third kappa shape index (κ3) is 10.4. The molecule has 4 N–H and O–H groups in total. The number of aliphatic hydroxyl groups is 1. The highest BCUT2D eigenvalue weighted by atomic mass is 19.1. The van der Waals surface area contributed by atoms with Crippen molar-refractivity contribution >= 4 is 17.9 Å². The summed E-state index contributed by atoms with van der Waals surface area (Å²) in [4.78, 5) is 37.0. The summed E-state index contributed by atoms with van der Waals surface area (Å²) in [7, 11) is 0. The van der Waals surface area contributed by atoms with Crippen molar-refractivity contribution in [2.45, 2.75) is 78.2 Å². The molecule has 3 aromatic rings. The van der Waals surface area contributed by atoms with E-state index >= 15 is 0 Å². The van der Waals surface area contributed by atoms with Gasteiger partial charge in [0.25, 0.3) is 0 Å². The standard InChI is InChI=1S/C22H30FN5.C6H8O7/c1-17(2)28-19(4)22(18(3)25-28)15-27(11-6-10-26-12-9-24-16-26)14-20-7-5-8-21(23)13-20;7-3(8)1-6(13,5(11)12)2-4(9)10/h5,7-9,12-13,16-17H,6,10-11,14-15H2,1-4H3;13H,1-2H2,(H,7,8)(H,9,10)(H,11,12). The summed E-state index contributed by atoms with van der Waals surface area (Å²) < 4.78 is 17.8. The Bertz CT molecular complexity index is 1290. The van der Waals surface area contributed by atoms with E-state index in [9.17, 15) is 18.8 Å².